The Morgan fingerprint density at radius 1 is 1.28 bits per heavy atom. The molecule has 0 aromatic heterocycles. The van der Waals surface area contributed by atoms with Gasteiger partial charge in [0.05, 0.1) is 6.10 Å². The lowest BCUT2D eigenvalue weighted by molar-refractivity contribution is 0.0273. The first kappa shape index (κ1) is 14.9. The van der Waals surface area contributed by atoms with E-state index in [1.165, 1.54) is 0 Å². The Balaban J connectivity index is 2.93. The van der Waals surface area contributed by atoms with Crippen molar-refractivity contribution in [2.45, 2.75) is 45.9 Å². The van der Waals surface area contributed by atoms with Crippen LogP contribution in [0.25, 0.3) is 0 Å². The zero-order valence-electron chi connectivity index (χ0n) is 11.3. The summed E-state index contributed by atoms with van der Waals surface area (Å²) in [6, 6.07) is 5.12. The van der Waals surface area contributed by atoms with Crippen LogP contribution in [-0.4, -0.2) is 21.1 Å². The summed E-state index contributed by atoms with van der Waals surface area (Å²) in [7, 11) is 0. The Labute approximate surface area is 108 Å². The minimum Gasteiger partial charge on any atom is -0.389 e. The maximum absolute atomic E-state index is 9.64. The van der Waals surface area contributed by atoms with Gasteiger partial charge in [0.15, 0.2) is 0 Å². The predicted molar refractivity (Wildman–Crippen MR) is 69.7 cm³/mol. The van der Waals surface area contributed by atoms with Crippen LogP contribution in [0.4, 0.5) is 5.69 Å². The Morgan fingerprint density at radius 2 is 1.89 bits per heavy atom. The van der Waals surface area contributed by atoms with Gasteiger partial charge >= 0.3 is 0 Å². The molecule has 0 aliphatic heterocycles. The molecule has 0 fully saturated rings. The molecule has 0 bridgehead atoms. The minimum atomic E-state index is -0.767. The average Bonchev–Trinajstić information content (AvgIpc) is 2.24. The highest BCUT2D eigenvalue weighted by Crippen LogP contribution is 2.26. The van der Waals surface area contributed by atoms with Crippen LogP contribution in [0.1, 0.15) is 44.9 Å². The molecule has 102 valence electrons. The molecular formula is C13H22N2O3. The average molecular weight is 254 g/mol. The number of hydrogen-bond donors (Lipinski definition) is 4. The topological polar surface area (TPSA) is 76.0 Å². The molecule has 0 aliphatic rings. The molecule has 5 heteroatoms. The van der Waals surface area contributed by atoms with Crippen LogP contribution < -0.4 is 10.5 Å². The van der Waals surface area contributed by atoms with Crippen molar-refractivity contribution in [3.8, 4) is 0 Å². The molecule has 0 saturated heterocycles. The lowest BCUT2D eigenvalue weighted by Gasteiger charge is -2.22. The Kier molecular flexibility index (Phi) is 4.70. The largest absolute Gasteiger partial charge is 0.389 e. The second kappa shape index (κ2) is 5.67. The van der Waals surface area contributed by atoms with Gasteiger partial charge in [0.2, 0.25) is 0 Å². The SMILES string of the molecule is CC(O)c1cc(CNC(C)(C)C)ccc1N(O)O. The van der Waals surface area contributed by atoms with Gasteiger partial charge in [-0.3, -0.25) is 10.4 Å². The molecule has 1 aromatic rings. The summed E-state index contributed by atoms with van der Waals surface area (Å²) in [6.07, 6.45) is -0.767. The fourth-order valence-corrected chi connectivity index (χ4v) is 1.60. The summed E-state index contributed by atoms with van der Waals surface area (Å²) in [6.45, 7) is 8.45. The minimum absolute atomic E-state index is 0.00363. The number of rotatable bonds is 4. The van der Waals surface area contributed by atoms with E-state index in [9.17, 15) is 5.11 Å². The van der Waals surface area contributed by atoms with E-state index in [0.717, 1.165) is 5.56 Å². The third-order valence-electron chi connectivity index (χ3n) is 2.58. The van der Waals surface area contributed by atoms with Gasteiger partial charge in [0, 0.05) is 17.6 Å². The summed E-state index contributed by atoms with van der Waals surface area (Å²) < 4.78 is 0. The van der Waals surface area contributed by atoms with Crippen molar-refractivity contribution in [3.05, 3.63) is 29.3 Å². The number of aliphatic hydroxyl groups excluding tert-OH is 1. The lowest BCUT2D eigenvalue weighted by atomic mass is 10.0. The summed E-state index contributed by atoms with van der Waals surface area (Å²) in [4.78, 5) is 0. The van der Waals surface area contributed by atoms with Gasteiger partial charge in [-0.2, -0.15) is 0 Å². The summed E-state index contributed by atoms with van der Waals surface area (Å²) in [5, 5.41) is 31.1. The number of anilines is 1. The summed E-state index contributed by atoms with van der Waals surface area (Å²) in [5.74, 6) is 0. The third kappa shape index (κ3) is 4.27. The van der Waals surface area contributed by atoms with E-state index in [0.29, 0.717) is 12.1 Å². The summed E-state index contributed by atoms with van der Waals surface area (Å²) in [5.41, 5.74) is 1.65. The molecule has 0 amide bonds. The van der Waals surface area contributed by atoms with Gasteiger partial charge in [0.25, 0.3) is 0 Å². The number of hydrogen-bond acceptors (Lipinski definition) is 5. The van der Waals surface area contributed by atoms with Crippen molar-refractivity contribution in [1.82, 2.24) is 5.32 Å². The second-order valence-electron chi connectivity index (χ2n) is 5.46. The maximum atomic E-state index is 9.64. The Bertz CT molecular complexity index is 398. The summed E-state index contributed by atoms with van der Waals surface area (Å²) >= 11 is 0. The fourth-order valence-electron chi connectivity index (χ4n) is 1.60. The molecule has 0 saturated carbocycles. The van der Waals surface area contributed by atoms with E-state index in [2.05, 4.69) is 26.1 Å². The van der Waals surface area contributed by atoms with Crippen LogP contribution >= 0.6 is 0 Å². The third-order valence-corrected chi connectivity index (χ3v) is 2.58. The first-order chi connectivity index (χ1) is 8.20. The van der Waals surface area contributed by atoms with E-state index in [1.807, 2.05) is 0 Å². The van der Waals surface area contributed by atoms with Gasteiger partial charge in [-0.15, -0.1) is 5.23 Å². The standard InChI is InChI=1S/C13H22N2O3/c1-9(16)11-7-10(8-14-13(2,3)4)5-6-12(11)15(17)18/h5-7,9,14,16-18H,8H2,1-4H3. The van der Waals surface area contributed by atoms with E-state index < -0.39 is 6.10 Å². The maximum Gasteiger partial charge on any atom is 0.100 e. The molecule has 0 heterocycles. The predicted octanol–water partition coefficient (Wildman–Crippen LogP) is 2.21. The number of benzene rings is 1. The van der Waals surface area contributed by atoms with Crippen LogP contribution in [-0.2, 0) is 6.54 Å². The normalized spacial score (nSPS) is 13.5. The molecule has 18 heavy (non-hydrogen) atoms. The molecule has 1 aromatic carbocycles. The highest BCUT2D eigenvalue weighted by atomic mass is 16.8. The first-order valence-electron chi connectivity index (χ1n) is 5.94. The van der Waals surface area contributed by atoms with Gasteiger partial charge in [0.1, 0.15) is 5.69 Å². The van der Waals surface area contributed by atoms with Crippen LogP contribution in [0.2, 0.25) is 0 Å². The molecule has 4 N–H and O–H groups in total. The van der Waals surface area contributed by atoms with Crippen molar-refractivity contribution in [2.75, 3.05) is 5.23 Å². The van der Waals surface area contributed by atoms with Crippen molar-refractivity contribution in [2.24, 2.45) is 0 Å². The van der Waals surface area contributed by atoms with Gasteiger partial charge in [-0.05, 0) is 45.4 Å². The van der Waals surface area contributed by atoms with Crippen LogP contribution in [0.3, 0.4) is 0 Å². The zero-order chi connectivity index (χ0) is 13.9. The Morgan fingerprint density at radius 3 is 2.33 bits per heavy atom. The second-order valence-corrected chi connectivity index (χ2v) is 5.46. The molecular weight excluding hydrogens is 232 g/mol. The number of aliphatic hydroxyl groups is 1. The highest BCUT2D eigenvalue weighted by molar-refractivity contribution is 5.52. The Hall–Kier alpha value is -1.14. The van der Waals surface area contributed by atoms with Crippen LogP contribution in [0.5, 0.6) is 0 Å². The quantitative estimate of drug-likeness (QED) is 0.620. The van der Waals surface area contributed by atoms with Gasteiger partial charge in [-0.25, -0.2) is 0 Å². The van der Waals surface area contributed by atoms with Crippen LogP contribution in [0, 0.1) is 0 Å². The fraction of sp³-hybridized carbons (Fsp3) is 0.538. The van der Waals surface area contributed by atoms with Crippen molar-refractivity contribution >= 4 is 5.69 Å². The molecule has 0 spiro atoms. The number of nitrogens with zero attached hydrogens (tertiary/aromatic N) is 1. The molecule has 0 radical (unpaired) electrons. The monoisotopic (exact) mass is 254 g/mol. The smallest absolute Gasteiger partial charge is 0.100 e. The van der Waals surface area contributed by atoms with Crippen molar-refractivity contribution in [3.63, 3.8) is 0 Å². The van der Waals surface area contributed by atoms with E-state index in [4.69, 9.17) is 10.4 Å². The van der Waals surface area contributed by atoms with Crippen molar-refractivity contribution in [1.29, 1.82) is 0 Å². The van der Waals surface area contributed by atoms with E-state index in [-0.39, 0.29) is 16.5 Å². The van der Waals surface area contributed by atoms with E-state index >= 15 is 0 Å². The molecule has 1 atom stereocenters. The number of nitrogens with one attached hydrogen (secondary N) is 1. The lowest BCUT2D eigenvalue weighted by Crippen LogP contribution is -2.35. The zero-order valence-corrected chi connectivity index (χ0v) is 11.3. The van der Waals surface area contributed by atoms with Crippen LogP contribution in [0.15, 0.2) is 18.2 Å². The molecule has 1 rings (SSSR count). The van der Waals surface area contributed by atoms with E-state index in [1.54, 1.807) is 25.1 Å². The highest BCUT2D eigenvalue weighted by Gasteiger charge is 2.14. The molecule has 0 aliphatic carbocycles. The van der Waals surface area contributed by atoms with Gasteiger partial charge in [-0.1, -0.05) is 6.07 Å². The van der Waals surface area contributed by atoms with Gasteiger partial charge < -0.3 is 10.4 Å². The molecule has 5 nitrogen and oxygen atoms in total. The molecule has 1 unspecified atom stereocenters. The first-order valence-corrected chi connectivity index (χ1v) is 5.94. The van der Waals surface area contributed by atoms with Crippen molar-refractivity contribution < 1.29 is 15.5 Å².